The molecule has 3 heteroatoms. The summed E-state index contributed by atoms with van der Waals surface area (Å²) in [5.74, 6) is 2.42. The van der Waals surface area contributed by atoms with Crippen LogP contribution in [-0.4, -0.2) is 6.54 Å². The van der Waals surface area contributed by atoms with Crippen molar-refractivity contribution in [2.45, 2.75) is 32.2 Å². The molecule has 0 aliphatic heterocycles. The van der Waals surface area contributed by atoms with Gasteiger partial charge in [-0.05, 0) is 37.1 Å². The molecule has 92 valence electrons. The Morgan fingerprint density at radius 3 is 2.88 bits per heavy atom. The molecule has 0 amide bonds. The summed E-state index contributed by atoms with van der Waals surface area (Å²) in [6.07, 6.45) is 7.93. The average Bonchev–Trinajstić information content (AvgIpc) is 2.30. The van der Waals surface area contributed by atoms with Gasteiger partial charge in [0.05, 0.1) is 0 Å². The van der Waals surface area contributed by atoms with E-state index in [-0.39, 0.29) is 11.9 Å². The lowest BCUT2D eigenvalue weighted by Gasteiger charge is -2.19. The lowest BCUT2D eigenvalue weighted by Crippen LogP contribution is -2.22. The first kappa shape index (κ1) is 14.2. The van der Waals surface area contributed by atoms with Crippen LogP contribution in [0.1, 0.15) is 37.8 Å². The van der Waals surface area contributed by atoms with E-state index in [1.807, 2.05) is 6.07 Å². The van der Waals surface area contributed by atoms with E-state index in [4.69, 9.17) is 6.42 Å². The molecule has 0 heterocycles. The molecule has 1 aromatic carbocycles. The van der Waals surface area contributed by atoms with Gasteiger partial charge in [-0.15, -0.1) is 12.3 Å². The first-order valence-electron chi connectivity index (χ1n) is 5.80. The largest absolute Gasteiger partial charge is 0.310 e. The molecule has 1 rings (SSSR count). The summed E-state index contributed by atoms with van der Waals surface area (Å²) in [6.45, 7) is 3.05. The normalized spacial score (nSPS) is 12.1. The Balaban J connectivity index is 2.83. The van der Waals surface area contributed by atoms with Gasteiger partial charge in [-0.25, -0.2) is 4.39 Å². The SMILES string of the molecule is C#CCCC(NCCC)c1ccc(F)cc1Br. The monoisotopic (exact) mass is 297 g/mol. The standard InChI is InChI=1S/C14H17BrFN/c1-3-5-6-14(17-9-4-2)12-8-7-11(16)10-13(12)15/h1,7-8,10,14,17H,4-6,9H2,2H3. The summed E-state index contributed by atoms with van der Waals surface area (Å²) in [5.41, 5.74) is 1.06. The van der Waals surface area contributed by atoms with E-state index in [9.17, 15) is 4.39 Å². The highest BCUT2D eigenvalue weighted by molar-refractivity contribution is 9.10. The van der Waals surface area contributed by atoms with E-state index >= 15 is 0 Å². The smallest absolute Gasteiger partial charge is 0.124 e. The Morgan fingerprint density at radius 2 is 2.29 bits per heavy atom. The summed E-state index contributed by atoms with van der Waals surface area (Å²) >= 11 is 3.40. The molecular weight excluding hydrogens is 281 g/mol. The van der Waals surface area contributed by atoms with Gasteiger partial charge in [0, 0.05) is 16.9 Å². The van der Waals surface area contributed by atoms with Crippen molar-refractivity contribution in [1.82, 2.24) is 5.32 Å². The second-order valence-electron chi connectivity index (χ2n) is 3.92. The predicted molar refractivity (Wildman–Crippen MR) is 73.2 cm³/mol. The fourth-order valence-corrected chi connectivity index (χ4v) is 2.33. The van der Waals surface area contributed by atoms with Crippen LogP contribution in [0, 0.1) is 18.2 Å². The third kappa shape index (κ3) is 4.49. The minimum Gasteiger partial charge on any atom is -0.310 e. The maximum Gasteiger partial charge on any atom is 0.124 e. The molecule has 0 fully saturated rings. The van der Waals surface area contributed by atoms with Gasteiger partial charge < -0.3 is 5.32 Å². The molecule has 1 N–H and O–H groups in total. The van der Waals surface area contributed by atoms with Gasteiger partial charge >= 0.3 is 0 Å². The van der Waals surface area contributed by atoms with Crippen molar-refractivity contribution < 1.29 is 4.39 Å². The topological polar surface area (TPSA) is 12.0 Å². The van der Waals surface area contributed by atoms with Crippen molar-refractivity contribution >= 4 is 15.9 Å². The summed E-state index contributed by atoms with van der Waals surface area (Å²) in [6, 6.07) is 4.96. The fourth-order valence-electron chi connectivity index (χ4n) is 1.70. The van der Waals surface area contributed by atoms with Gasteiger partial charge in [-0.3, -0.25) is 0 Å². The molecule has 0 radical (unpaired) electrons. The number of benzene rings is 1. The molecule has 0 aromatic heterocycles. The molecule has 0 aliphatic carbocycles. The van der Waals surface area contributed by atoms with Crippen LogP contribution in [0.4, 0.5) is 4.39 Å². The van der Waals surface area contributed by atoms with E-state index in [0.29, 0.717) is 6.42 Å². The first-order chi connectivity index (χ1) is 8.19. The van der Waals surface area contributed by atoms with Crippen molar-refractivity contribution in [1.29, 1.82) is 0 Å². The second kappa shape index (κ2) is 7.47. The van der Waals surface area contributed by atoms with Crippen LogP contribution in [-0.2, 0) is 0 Å². The molecule has 0 aliphatic rings. The lowest BCUT2D eigenvalue weighted by molar-refractivity contribution is 0.502. The van der Waals surface area contributed by atoms with Gasteiger partial charge in [0.15, 0.2) is 0 Å². The van der Waals surface area contributed by atoms with E-state index in [0.717, 1.165) is 29.4 Å². The lowest BCUT2D eigenvalue weighted by atomic mass is 10.0. The molecule has 1 atom stereocenters. The summed E-state index contributed by atoms with van der Waals surface area (Å²) in [5, 5.41) is 3.43. The van der Waals surface area contributed by atoms with E-state index < -0.39 is 0 Å². The molecule has 0 saturated heterocycles. The van der Waals surface area contributed by atoms with Crippen LogP contribution in [0.5, 0.6) is 0 Å². The first-order valence-corrected chi connectivity index (χ1v) is 6.60. The number of halogens is 2. The van der Waals surface area contributed by atoms with Crippen molar-refractivity contribution in [3.05, 3.63) is 34.1 Å². The van der Waals surface area contributed by atoms with E-state index in [1.165, 1.54) is 12.1 Å². The highest BCUT2D eigenvalue weighted by Crippen LogP contribution is 2.27. The number of hydrogen-bond donors (Lipinski definition) is 1. The molecular formula is C14H17BrFN. The molecule has 0 bridgehead atoms. The molecule has 0 saturated carbocycles. The van der Waals surface area contributed by atoms with Gasteiger partial charge in [0.2, 0.25) is 0 Å². The Labute approximate surface area is 111 Å². The highest BCUT2D eigenvalue weighted by Gasteiger charge is 2.13. The molecule has 1 aromatic rings. The molecule has 1 nitrogen and oxygen atoms in total. The van der Waals surface area contributed by atoms with Crippen LogP contribution in [0.3, 0.4) is 0 Å². The van der Waals surface area contributed by atoms with Crippen LogP contribution in [0.25, 0.3) is 0 Å². The summed E-state index contributed by atoms with van der Waals surface area (Å²) in [4.78, 5) is 0. The maximum absolute atomic E-state index is 13.0. The van der Waals surface area contributed by atoms with Gasteiger partial charge in [-0.1, -0.05) is 28.9 Å². The highest BCUT2D eigenvalue weighted by atomic mass is 79.9. The zero-order valence-corrected chi connectivity index (χ0v) is 11.6. The Bertz CT molecular complexity index is 398. The zero-order chi connectivity index (χ0) is 12.7. The van der Waals surface area contributed by atoms with Gasteiger partial charge in [-0.2, -0.15) is 0 Å². The van der Waals surface area contributed by atoms with Crippen molar-refractivity contribution in [3.8, 4) is 12.3 Å². The summed E-state index contributed by atoms with van der Waals surface area (Å²) < 4.78 is 13.8. The van der Waals surface area contributed by atoms with Crippen molar-refractivity contribution in [2.75, 3.05) is 6.54 Å². The third-order valence-corrected chi connectivity index (χ3v) is 3.24. The Hall–Kier alpha value is -0.850. The third-order valence-electron chi connectivity index (χ3n) is 2.56. The molecule has 1 unspecified atom stereocenters. The maximum atomic E-state index is 13.0. The minimum atomic E-state index is -0.230. The zero-order valence-electron chi connectivity index (χ0n) is 9.97. The van der Waals surface area contributed by atoms with Crippen molar-refractivity contribution in [3.63, 3.8) is 0 Å². The van der Waals surface area contributed by atoms with Gasteiger partial charge in [0.25, 0.3) is 0 Å². The Morgan fingerprint density at radius 1 is 1.53 bits per heavy atom. The minimum absolute atomic E-state index is 0.181. The predicted octanol–water partition coefficient (Wildman–Crippen LogP) is 4.04. The fraction of sp³-hybridized carbons (Fsp3) is 0.429. The van der Waals surface area contributed by atoms with E-state index in [2.05, 4.69) is 34.1 Å². The Kier molecular flexibility index (Phi) is 6.25. The van der Waals surface area contributed by atoms with Crippen LogP contribution < -0.4 is 5.32 Å². The van der Waals surface area contributed by atoms with Crippen LogP contribution >= 0.6 is 15.9 Å². The molecule has 0 spiro atoms. The van der Waals surface area contributed by atoms with Crippen LogP contribution in [0.2, 0.25) is 0 Å². The van der Waals surface area contributed by atoms with Gasteiger partial charge in [0.1, 0.15) is 5.82 Å². The number of rotatable bonds is 6. The van der Waals surface area contributed by atoms with Crippen LogP contribution in [0.15, 0.2) is 22.7 Å². The second-order valence-corrected chi connectivity index (χ2v) is 4.77. The quantitative estimate of drug-likeness (QED) is 0.782. The van der Waals surface area contributed by atoms with E-state index in [1.54, 1.807) is 0 Å². The summed E-state index contributed by atoms with van der Waals surface area (Å²) in [7, 11) is 0. The van der Waals surface area contributed by atoms with Crippen molar-refractivity contribution in [2.24, 2.45) is 0 Å². The average molecular weight is 298 g/mol. The number of nitrogens with one attached hydrogen (secondary N) is 1. The number of hydrogen-bond acceptors (Lipinski definition) is 1. The molecule has 17 heavy (non-hydrogen) atoms. The number of terminal acetylenes is 1.